The molecule has 0 radical (unpaired) electrons. The zero-order chi connectivity index (χ0) is 17.4. The Morgan fingerprint density at radius 2 is 1.96 bits per heavy atom. The smallest absolute Gasteiger partial charge is 0.387 e. The molecule has 3 aromatic rings. The zero-order valence-corrected chi connectivity index (χ0v) is 12.9. The molecule has 0 bridgehead atoms. The van der Waals surface area contributed by atoms with Crippen LogP contribution in [0.1, 0.15) is 12.8 Å². The van der Waals surface area contributed by atoms with Crippen molar-refractivity contribution in [2.75, 3.05) is 0 Å². The number of aromatic amines is 1. The van der Waals surface area contributed by atoms with Crippen LogP contribution in [-0.4, -0.2) is 27.7 Å². The number of nitrogens with one attached hydrogen (secondary N) is 1. The van der Waals surface area contributed by atoms with E-state index < -0.39 is 6.61 Å². The van der Waals surface area contributed by atoms with Gasteiger partial charge in [0.15, 0.2) is 0 Å². The first kappa shape index (κ1) is 15.5. The number of halogens is 2. The highest BCUT2D eigenvalue weighted by Crippen LogP contribution is 2.28. The van der Waals surface area contributed by atoms with Crippen molar-refractivity contribution >= 4 is 10.9 Å². The quantitative estimate of drug-likeness (QED) is 0.769. The van der Waals surface area contributed by atoms with Crippen LogP contribution in [-0.2, 0) is 0 Å². The van der Waals surface area contributed by atoms with Crippen molar-refractivity contribution in [2.45, 2.75) is 25.6 Å². The third kappa shape index (κ3) is 3.28. The fraction of sp³-hybridized carbons (Fsp3) is 0.235. The van der Waals surface area contributed by atoms with Crippen LogP contribution >= 0.6 is 0 Å². The lowest BCUT2D eigenvalue weighted by molar-refractivity contribution is -0.0498. The first-order chi connectivity index (χ1) is 12.1. The number of aromatic nitrogens is 3. The monoisotopic (exact) mass is 345 g/mol. The molecule has 0 unspecified atom stereocenters. The molecule has 0 saturated heterocycles. The van der Waals surface area contributed by atoms with E-state index in [0.29, 0.717) is 22.0 Å². The molecule has 1 aliphatic rings. The average molecular weight is 345 g/mol. The molecule has 1 N–H and O–H groups in total. The van der Waals surface area contributed by atoms with E-state index in [1.165, 1.54) is 30.5 Å². The van der Waals surface area contributed by atoms with Crippen molar-refractivity contribution in [3.05, 3.63) is 47.0 Å². The first-order valence-corrected chi connectivity index (χ1v) is 7.70. The predicted octanol–water partition coefficient (Wildman–Crippen LogP) is 3.13. The second-order valence-corrected chi connectivity index (χ2v) is 5.67. The Hall–Kier alpha value is -3.03. The van der Waals surface area contributed by atoms with Gasteiger partial charge in [0, 0.05) is 17.8 Å². The number of nitrogens with zero attached hydrogens (tertiary/aromatic N) is 2. The molecule has 4 rings (SSSR count). The van der Waals surface area contributed by atoms with Crippen LogP contribution in [0.4, 0.5) is 8.78 Å². The summed E-state index contributed by atoms with van der Waals surface area (Å²) in [6.45, 7) is -2.90. The van der Waals surface area contributed by atoms with Gasteiger partial charge in [-0.1, -0.05) is 12.1 Å². The summed E-state index contributed by atoms with van der Waals surface area (Å²) in [6.07, 6.45) is 5.17. The van der Waals surface area contributed by atoms with Gasteiger partial charge in [0.25, 0.3) is 5.56 Å². The minimum atomic E-state index is -2.90. The summed E-state index contributed by atoms with van der Waals surface area (Å²) >= 11 is 0. The van der Waals surface area contributed by atoms with Crippen molar-refractivity contribution in [2.24, 2.45) is 0 Å². The van der Waals surface area contributed by atoms with E-state index in [-0.39, 0.29) is 23.4 Å². The van der Waals surface area contributed by atoms with E-state index >= 15 is 0 Å². The lowest BCUT2D eigenvalue weighted by Gasteiger charge is -2.08. The molecule has 1 saturated carbocycles. The minimum absolute atomic E-state index is 0.0165. The van der Waals surface area contributed by atoms with Gasteiger partial charge in [-0.3, -0.25) is 4.79 Å². The molecule has 1 fully saturated rings. The van der Waals surface area contributed by atoms with E-state index in [1.807, 2.05) is 0 Å². The number of fused-ring (bicyclic) bond motifs is 1. The molecule has 1 aliphatic carbocycles. The van der Waals surface area contributed by atoms with Gasteiger partial charge < -0.3 is 14.5 Å². The zero-order valence-electron chi connectivity index (χ0n) is 12.9. The number of hydrogen-bond acceptors (Lipinski definition) is 5. The summed E-state index contributed by atoms with van der Waals surface area (Å²) in [6, 6.07) is 6.04. The highest BCUT2D eigenvalue weighted by atomic mass is 19.3. The standard InChI is InChI=1S/C17H13F2N3O3/c18-16(19)24-11-3-1-9(2-4-11)13-14-10(7-20-15(13)23)8-21-17(22-14)25-12-5-6-12/h1-4,7-8,12,16H,5-6H2,(H,20,23). The van der Waals surface area contributed by atoms with Gasteiger partial charge in [0.05, 0.1) is 11.1 Å². The molecule has 0 spiro atoms. The number of rotatable bonds is 5. The Labute approximate surface area is 140 Å². The number of H-pyrrole nitrogens is 1. The van der Waals surface area contributed by atoms with Crippen LogP contribution in [0, 0.1) is 0 Å². The van der Waals surface area contributed by atoms with Crippen LogP contribution in [0.5, 0.6) is 11.8 Å². The van der Waals surface area contributed by atoms with Crippen LogP contribution in [0.2, 0.25) is 0 Å². The highest BCUT2D eigenvalue weighted by molar-refractivity contribution is 5.92. The van der Waals surface area contributed by atoms with Gasteiger partial charge in [0.2, 0.25) is 0 Å². The number of alkyl halides is 2. The Morgan fingerprint density at radius 3 is 2.64 bits per heavy atom. The Kier molecular flexibility index (Phi) is 3.79. The molecular weight excluding hydrogens is 332 g/mol. The summed E-state index contributed by atoms with van der Waals surface area (Å²) in [5.41, 5.74) is 0.955. The SMILES string of the molecule is O=c1[nH]cc2cnc(OC3CC3)nc2c1-c1ccc(OC(F)F)cc1. The minimum Gasteiger partial charge on any atom is -0.460 e. The molecule has 6 nitrogen and oxygen atoms in total. The van der Waals surface area contributed by atoms with E-state index in [4.69, 9.17) is 4.74 Å². The molecule has 128 valence electrons. The fourth-order valence-corrected chi connectivity index (χ4v) is 2.47. The van der Waals surface area contributed by atoms with Crippen molar-refractivity contribution < 1.29 is 18.3 Å². The fourth-order valence-electron chi connectivity index (χ4n) is 2.47. The molecular formula is C17H13F2N3O3. The summed E-state index contributed by atoms with van der Waals surface area (Å²) < 4.78 is 34.4. The Morgan fingerprint density at radius 1 is 1.20 bits per heavy atom. The third-order valence-corrected chi connectivity index (χ3v) is 3.78. The van der Waals surface area contributed by atoms with Crippen molar-refractivity contribution in [3.8, 4) is 22.9 Å². The molecule has 25 heavy (non-hydrogen) atoms. The number of ether oxygens (including phenoxy) is 2. The summed E-state index contributed by atoms with van der Waals surface area (Å²) in [7, 11) is 0. The highest BCUT2D eigenvalue weighted by Gasteiger charge is 2.25. The molecule has 2 heterocycles. The molecule has 0 amide bonds. The van der Waals surface area contributed by atoms with Gasteiger partial charge in [-0.05, 0) is 30.5 Å². The lowest BCUT2D eigenvalue weighted by Crippen LogP contribution is -2.10. The summed E-state index contributed by atoms with van der Waals surface area (Å²) in [4.78, 5) is 23.5. The van der Waals surface area contributed by atoms with Gasteiger partial charge >= 0.3 is 12.6 Å². The third-order valence-electron chi connectivity index (χ3n) is 3.78. The van der Waals surface area contributed by atoms with Gasteiger partial charge in [-0.15, -0.1) is 0 Å². The van der Waals surface area contributed by atoms with Crippen LogP contribution in [0.3, 0.4) is 0 Å². The predicted molar refractivity (Wildman–Crippen MR) is 85.9 cm³/mol. The molecule has 0 aliphatic heterocycles. The molecule has 1 aromatic carbocycles. The van der Waals surface area contributed by atoms with Crippen LogP contribution in [0.15, 0.2) is 41.5 Å². The van der Waals surface area contributed by atoms with E-state index in [9.17, 15) is 13.6 Å². The van der Waals surface area contributed by atoms with Crippen LogP contribution in [0.25, 0.3) is 22.0 Å². The second kappa shape index (κ2) is 6.12. The maximum Gasteiger partial charge on any atom is 0.387 e. The number of pyridine rings is 1. The van der Waals surface area contributed by atoms with Crippen molar-refractivity contribution in [1.29, 1.82) is 0 Å². The maximum atomic E-state index is 12.3. The number of hydrogen-bond donors (Lipinski definition) is 1. The van der Waals surface area contributed by atoms with Crippen LogP contribution < -0.4 is 15.0 Å². The summed E-state index contributed by atoms with van der Waals surface area (Å²) in [5.74, 6) is 0.0165. The van der Waals surface area contributed by atoms with Gasteiger partial charge in [-0.25, -0.2) is 4.98 Å². The molecule has 2 aromatic heterocycles. The largest absolute Gasteiger partial charge is 0.460 e. The van der Waals surface area contributed by atoms with E-state index in [2.05, 4.69) is 19.7 Å². The Balaban J connectivity index is 1.78. The molecule has 0 atom stereocenters. The van der Waals surface area contributed by atoms with E-state index in [0.717, 1.165) is 12.8 Å². The first-order valence-electron chi connectivity index (χ1n) is 7.70. The van der Waals surface area contributed by atoms with Gasteiger partial charge in [0.1, 0.15) is 11.9 Å². The van der Waals surface area contributed by atoms with E-state index in [1.54, 1.807) is 6.20 Å². The van der Waals surface area contributed by atoms with Crippen molar-refractivity contribution in [3.63, 3.8) is 0 Å². The normalized spacial score (nSPS) is 14.0. The maximum absolute atomic E-state index is 12.3. The average Bonchev–Trinajstić information content (AvgIpc) is 3.39. The number of benzene rings is 1. The summed E-state index contributed by atoms with van der Waals surface area (Å²) in [5, 5.41) is 0.644. The van der Waals surface area contributed by atoms with Gasteiger partial charge in [-0.2, -0.15) is 13.8 Å². The second-order valence-electron chi connectivity index (χ2n) is 5.67. The topological polar surface area (TPSA) is 77.1 Å². The Bertz CT molecular complexity index is 969. The van der Waals surface area contributed by atoms with Crippen molar-refractivity contribution in [1.82, 2.24) is 15.0 Å². The molecule has 8 heteroatoms. The lowest BCUT2D eigenvalue weighted by atomic mass is 10.1.